The van der Waals surface area contributed by atoms with Gasteiger partial charge in [0.05, 0.1) is 5.56 Å². The monoisotopic (exact) mass is 288 g/mol. The predicted molar refractivity (Wildman–Crippen MR) is 84.9 cm³/mol. The van der Waals surface area contributed by atoms with E-state index in [0.717, 1.165) is 10.4 Å². The second-order valence-electron chi connectivity index (χ2n) is 5.66. The lowest BCUT2D eigenvalue weighted by Gasteiger charge is -2.15. The number of hydrogen-bond donors (Lipinski definition) is 1. The molecular formula is C17H20O2S. The highest BCUT2D eigenvalue weighted by Gasteiger charge is 2.14. The van der Waals surface area contributed by atoms with Crippen LogP contribution in [0.25, 0.3) is 10.4 Å². The van der Waals surface area contributed by atoms with E-state index in [1.54, 1.807) is 11.4 Å². The summed E-state index contributed by atoms with van der Waals surface area (Å²) >= 11 is 1.50. The van der Waals surface area contributed by atoms with E-state index < -0.39 is 5.97 Å². The van der Waals surface area contributed by atoms with Crippen LogP contribution in [0, 0.1) is 0 Å². The normalized spacial score (nSPS) is 11.3. The minimum Gasteiger partial charge on any atom is -0.478 e. The molecule has 2 nitrogen and oxygen atoms in total. The maximum Gasteiger partial charge on any atom is 0.336 e. The fourth-order valence-corrected chi connectivity index (χ4v) is 3.16. The van der Waals surface area contributed by atoms with Crippen molar-refractivity contribution in [2.24, 2.45) is 0 Å². The summed E-state index contributed by atoms with van der Waals surface area (Å²) in [6, 6.07) is 8.29. The van der Waals surface area contributed by atoms with Crippen molar-refractivity contribution in [3.05, 3.63) is 46.3 Å². The number of hydrogen-bond acceptors (Lipinski definition) is 2. The number of benzene rings is 1. The number of thiophene rings is 1. The first kappa shape index (κ1) is 14.8. The Morgan fingerprint density at radius 1 is 1.10 bits per heavy atom. The van der Waals surface area contributed by atoms with Crippen LogP contribution in [0.3, 0.4) is 0 Å². The molecule has 0 saturated heterocycles. The molecule has 0 fully saturated rings. The summed E-state index contributed by atoms with van der Waals surface area (Å²) < 4.78 is 0. The molecule has 20 heavy (non-hydrogen) atoms. The lowest BCUT2D eigenvalue weighted by Crippen LogP contribution is -1.96. The molecule has 2 aromatic rings. The molecule has 0 saturated carbocycles. The highest BCUT2D eigenvalue weighted by atomic mass is 32.1. The average molecular weight is 288 g/mol. The van der Waals surface area contributed by atoms with Gasteiger partial charge in [-0.1, -0.05) is 45.9 Å². The molecule has 0 radical (unpaired) electrons. The van der Waals surface area contributed by atoms with Gasteiger partial charge in [-0.05, 0) is 34.6 Å². The molecule has 0 unspecified atom stereocenters. The van der Waals surface area contributed by atoms with Crippen molar-refractivity contribution in [3.63, 3.8) is 0 Å². The Labute approximate surface area is 124 Å². The van der Waals surface area contributed by atoms with Crippen molar-refractivity contribution in [2.45, 2.75) is 39.5 Å². The maximum atomic E-state index is 11.0. The fourth-order valence-electron chi connectivity index (χ4n) is 2.23. The Balaban J connectivity index is 2.52. The van der Waals surface area contributed by atoms with Crippen molar-refractivity contribution in [1.82, 2.24) is 0 Å². The third-order valence-corrected chi connectivity index (χ3v) is 4.44. The highest BCUT2D eigenvalue weighted by Crippen LogP contribution is 2.35. The van der Waals surface area contributed by atoms with Gasteiger partial charge in [0, 0.05) is 10.3 Å². The number of rotatable bonds is 4. The Kier molecular flexibility index (Phi) is 4.29. The maximum absolute atomic E-state index is 11.0. The van der Waals surface area contributed by atoms with Gasteiger partial charge in [-0.15, -0.1) is 11.3 Å². The average Bonchev–Trinajstić information content (AvgIpc) is 2.87. The van der Waals surface area contributed by atoms with Crippen molar-refractivity contribution in [3.8, 4) is 10.4 Å². The Hall–Kier alpha value is -1.61. The summed E-state index contributed by atoms with van der Waals surface area (Å²) in [6.45, 7) is 8.73. The summed E-state index contributed by atoms with van der Waals surface area (Å²) in [6.07, 6.45) is 0. The van der Waals surface area contributed by atoms with Gasteiger partial charge >= 0.3 is 5.97 Å². The van der Waals surface area contributed by atoms with Crippen molar-refractivity contribution in [2.75, 3.05) is 0 Å². The van der Waals surface area contributed by atoms with Crippen molar-refractivity contribution in [1.29, 1.82) is 0 Å². The Morgan fingerprint density at radius 3 is 2.30 bits per heavy atom. The topological polar surface area (TPSA) is 37.3 Å². The van der Waals surface area contributed by atoms with Crippen LogP contribution < -0.4 is 0 Å². The number of carbonyl (C=O) groups is 1. The van der Waals surface area contributed by atoms with Crippen LogP contribution in [-0.2, 0) is 0 Å². The summed E-state index contributed by atoms with van der Waals surface area (Å²) in [7, 11) is 0. The van der Waals surface area contributed by atoms with Gasteiger partial charge in [-0.2, -0.15) is 0 Å². The zero-order chi connectivity index (χ0) is 14.9. The number of carboxylic acid groups (broad SMARTS) is 1. The molecule has 0 spiro atoms. The van der Waals surface area contributed by atoms with Gasteiger partial charge in [-0.25, -0.2) is 4.79 Å². The first-order valence-electron chi connectivity index (χ1n) is 6.86. The van der Waals surface area contributed by atoms with Crippen molar-refractivity contribution < 1.29 is 9.90 Å². The molecule has 2 rings (SSSR count). The summed E-state index contributed by atoms with van der Waals surface area (Å²) in [5.41, 5.74) is 4.14. The first-order chi connectivity index (χ1) is 9.40. The lowest BCUT2D eigenvalue weighted by atomic mass is 9.91. The molecule has 0 aliphatic carbocycles. The van der Waals surface area contributed by atoms with Crippen molar-refractivity contribution >= 4 is 17.3 Å². The van der Waals surface area contributed by atoms with Gasteiger partial charge in [0.2, 0.25) is 0 Å². The number of aromatic carboxylic acids is 1. The largest absolute Gasteiger partial charge is 0.478 e. The molecule has 1 heterocycles. The number of carboxylic acids is 1. The van der Waals surface area contributed by atoms with Crippen LogP contribution in [0.5, 0.6) is 0 Å². The molecule has 0 aliphatic rings. The molecule has 0 aliphatic heterocycles. The van der Waals surface area contributed by atoms with E-state index in [-0.39, 0.29) is 0 Å². The molecule has 1 aromatic carbocycles. The molecule has 0 atom stereocenters. The quantitative estimate of drug-likeness (QED) is 0.822. The van der Waals surface area contributed by atoms with E-state index in [2.05, 4.69) is 45.9 Å². The van der Waals surface area contributed by atoms with Crippen LogP contribution >= 0.6 is 11.3 Å². The van der Waals surface area contributed by atoms with Gasteiger partial charge in [0.15, 0.2) is 0 Å². The molecule has 0 amide bonds. The van der Waals surface area contributed by atoms with Crippen LogP contribution in [0.4, 0.5) is 0 Å². The van der Waals surface area contributed by atoms with E-state index in [9.17, 15) is 4.79 Å². The SMILES string of the molecule is CC(C)c1ccc(-c2cc(C(=O)O)cs2)c(C(C)C)c1. The third kappa shape index (κ3) is 2.93. The third-order valence-electron chi connectivity index (χ3n) is 3.48. The van der Waals surface area contributed by atoms with Gasteiger partial charge < -0.3 is 5.11 Å². The second-order valence-corrected chi connectivity index (χ2v) is 6.57. The summed E-state index contributed by atoms with van der Waals surface area (Å²) in [4.78, 5) is 12.0. The van der Waals surface area contributed by atoms with Crippen LogP contribution in [0.15, 0.2) is 29.6 Å². The van der Waals surface area contributed by atoms with E-state index >= 15 is 0 Å². The highest BCUT2D eigenvalue weighted by molar-refractivity contribution is 7.13. The zero-order valence-electron chi connectivity index (χ0n) is 12.3. The summed E-state index contributed by atoms with van der Waals surface area (Å²) in [5.74, 6) is 0.0518. The molecule has 1 aromatic heterocycles. The van der Waals surface area contributed by atoms with E-state index in [1.807, 2.05) is 0 Å². The minimum absolute atomic E-state index is 0.368. The summed E-state index contributed by atoms with van der Waals surface area (Å²) in [5, 5.41) is 10.8. The van der Waals surface area contributed by atoms with E-state index in [4.69, 9.17) is 5.11 Å². The van der Waals surface area contributed by atoms with Crippen LogP contribution in [0.2, 0.25) is 0 Å². The Bertz CT molecular complexity index is 624. The lowest BCUT2D eigenvalue weighted by molar-refractivity contribution is 0.0697. The molecular weight excluding hydrogens is 268 g/mol. The van der Waals surface area contributed by atoms with Gasteiger partial charge in [0.1, 0.15) is 0 Å². The second kappa shape index (κ2) is 5.80. The fraction of sp³-hybridized carbons (Fsp3) is 0.353. The van der Waals surface area contributed by atoms with Crippen LogP contribution in [0.1, 0.15) is 61.0 Å². The Morgan fingerprint density at radius 2 is 1.80 bits per heavy atom. The van der Waals surface area contributed by atoms with E-state index in [0.29, 0.717) is 17.4 Å². The molecule has 106 valence electrons. The molecule has 3 heteroatoms. The van der Waals surface area contributed by atoms with Crippen LogP contribution in [-0.4, -0.2) is 11.1 Å². The first-order valence-corrected chi connectivity index (χ1v) is 7.74. The minimum atomic E-state index is -0.864. The zero-order valence-corrected chi connectivity index (χ0v) is 13.1. The predicted octanol–water partition coefficient (Wildman–Crippen LogP) is 5.36. The molecule has 0 bridgehead atoms. The standard InChI is InChI=1S/C17H20O2S/c1-10(2)12-5-6-14(15(7-12)11(3)4)16-8-13(9-20-16)17(18)19/h5-11H,1-4H3,(H,18,19). The molecule has 1 N–H and O–H groups in total. The van der Waals surface area contributed by atoms with E-state index in [1.165, 1.54) is 22.5 Å². The smallest absolute Gasteiger partial charge is 0.336 e. The van der Waals surface area contributed by atoms with Gasteiger partial charge in [0.25, 0.3) is 0 Å². The van der Waals surface area contributed by atoms with Gasteiger partial charge in [-0.3, -0.25) is 0 Å².